The monoisotopic (exact) mass is 386 g/mol. The molecule has 1 heterocycles. The van der Waals surface area contributed by atoms with Crippen LogP contribution in [-0.2, 0) is 9.47 Å². The lowest BCUT2D eigenvalue weighted by Gasteiger charge is -2.23. The van der Waals surface area contributed by atoms with Crippen LogP contribution in [0.3, 0.4) is 0 Å². The molecule has 0 aromatic rings. The molecule has 5 nitrogen and oxygen atoms in total. The molecule has 0 bridgehead atoms. The summed E-state index contributed by atoms with van der Waals surface area (Å²) in [5.74, 6) is 0. The van der Waals surface area contributed by atoms with Gasteiger partial charge in [0.2, 0.25) is 0 Å². The number of ether oxygens (including phenoxy) is 2. The van der Waals surface area contributed by atoms with E-state index in [9.17, 15) is 10.2 Å². The number of aliphatic hydroxyl groups excluding tert-OH is 3. The van der Waals surface area contributed by atoms with E-state index in [2.05, 4.69) is 19.1 Å². The van der Waals surface area contributed by atoms with Crippen LogP contribution in [0.2, 0.25) is 0 Å². The van der Waals surface area contributed by atoms with Gasteiger partial charge >= 0.3 is 0 Å². The minimum Gasteiger partial charge on any atom is -0.394 e. The van der Waals surface area contributed by atoms with E-state index >= 15 is 0 Å². The summed E-state index contributed by atoms with van der Waals surface area (Å²) in [5, 5.41) is 28.6. The van der Waals surface area contributed by atoms with Crippen molar-refractivity contribution in [3.05, 3.63) is 12.2 Å². The van der Waals surface area contributed by atoms with Crippen molar-refractivity contribution < 1.29 is 24.8 Å². The molecule has 0 aromatic carbocycles. The number of hydrogen-bond acceptors (Lipinski definition) is 5. The molecule has 160 valence electrons. The van der Waals surface area contributed by atoms with Gasteiger partial charge in [-0.1, -0.05) is 70.4 Å². The highest BCUT2D eigenvalue weighted by Gasteiger charge is 2.40. The van der Waals surface area contributed by atoms with Crippen LogP contribution < -0.4 is 0 Å². The van der Waals surface area contributed by atoms with Crippen LogP contribution in [0, 0.1) is 0 Å². The molecule has 0 spiro atoms. The smallest absolute Gasteiger partial charge is 0.114 e. The van der Waals surface area contributed by atoms with Crippen LogP contribution in [0.5, 0.6) is 0 Å². The lowest BCUT2D eigenvalue weighted by molar-refractivity contribution is -0.0938. The molecule has 27 heavy (non-hydrogen) atoms. The van der Waals surface area contributed by atoms with Crippen molar-refractivity contribution >= 4 is 0 Å². The van der Waals surface area contributed by atoms with Crippen molar-refractivity contribution in [3.63, 3.8) is 0 Å². The Morgan fingerprint density at radius 3 is 2.19 bits per heavy atom. The maximum absolute atomic E-state index is 9.87. The predicted molar refractivity (Wildman–Crippen MR) is 109 cm³/mol. The van der Waals surface area contributed by atoms with E-state index in [0.717, 1.165) is 12.8 Å². The van der Waals surface area contributed by atoms with E-state index in [1.54, 1.807) is 0 Å². The van der Waals surface area contributed by atoms with E-state index < -0.39 is 24.4 Å². The van der Waals surface area contributed by atoms with E-state index in [1.165, 1.54) is 64.2 Å². The number of rotatable bonds is 17. The molecule has 3 N–H and O–H groups in total. The first kappa shape index (κ1) is 24.6. The van der Waals surface area contributed by atoms with Crippen molar-refractivity contribution in [2.75, 3.05) is 19.8 Å². The number of hydrogen-bond donors (Lipinski definition) is 3. The fourth-order valence-electron chi connectivity index (χ4n) is 3.46. The minimum atomic E-state index is -1.00. The summed E-state index contributed by atoms with van der Waals surface area (Å²) >= 11 is 0. The summed E-state index contributed by atoms with van der Waals surface area (Å²) in [4.78, 5) is 0. The van der Waals surface area contributed by atoms with Crippen LogP contribution in [0.1, 0.15) is 84.0 Å². The van der Waals surface area contributed by atoms with Gasteiger partial charge in [0, 0.05) is 6.61 Å². The van der Waals surface area contributed by atoms with Gasteiger partial charge in [-0.05, 0) is 25.7 Å². The quantitative estimate of drug-likeness (QED) is 0.262. The zero-order chi connectivity index (χ0) is 19.7. The molecule has 1 fully saturated rings. The van der Waals surface area contributed by atoms with Gasteiger partial charge in [-0.25, -0.2) is 0 Å². The molecule has 0 radical (unpaired) electrons. The van der Waals surface area contributed by atoms with Gasteiger partial charge in [0.1, 0.15) is 24.4 Å². The summed E-state index contributed by atoms with van der Waals surface area (Å²) in [7, 11) is 0. The van der Waals surface area contributed by atoms with Gasteiger partial charge < -0.3 is 24.8 Å². The van der Waals surface area contributed by atoms with Crippen molar-refractivity contribution in [3.8, 4) is 0 Å². The first-order valence-corrected chi connectivity index (χ1v) is 11.1. The highest BCUT2D eigenvalue weighted by molar-refractivity contribution is 4.89. The molecule has 1 rings (SSSR count). The molecule has 1 aliphatic rings. The predicted octanol–water partition coefficient (Wildman–Crippen LogP) is 3.74. The number of unbranched alkanes of at least 4 members (excludes halogenated alkanes) is 10. The van der Waals surface area contributed by atoms with Crippen LogP contribution in [0.15, 0.2) is 12.2 Å². The number of aliphatic hydroxyl groups is 3. The molecule has 0 saturated carbocycles. The fourth-order valence-corrected chi connectivity index (χ4v) is 3.46. The zero-order valence-electron chi connectivity index (χ0n) is 17.2. The molecule has 1 saturated heterocycles. The summed E-state index contributed by atoms with van der Waals surface area (Å²) in [6.07, 6.45) is 16.6. The second kappa shape index (κ2) is 16.5. The van der Waals surface area contributed by atoms with E-state index in [1.807, 2.05) is 0 Å². The van der Waals surface area contributed by atoms with Gasteiger partial charge in [-0.3, -0.25) is 0 Å². The van der Waals surface area contributed by atoms with E-state index in [4.69, 9.17) is 14.6 Å². The Bertz CT molecular complexity index is 361. The van der Waals surface area contributed by atoms with Gasteiger partial charge in [0.15, 0.2) is 0 Å². The third-order valence-electron chi connectivity index (χ3n) is 5.20. The van der Waals surface area contributed by atoms with Crippen LogP contribution in [0.4, 0.5) is 0 Å². The highest BCUT2D eigenvalue weighted by atomic mass is 16.6. The largest absolute Gasteiger partial charge is 0.394 e. The Balaban J connectivity index is 1.89. The fraction of sp³-hybridized carbons (Fsp3) is 0.909. The van der Waals surface area contributed by atoms with Gasteiger partial charge in [-0.2, -0.15) is 0 Å². The zero-order valence-corrected chi connectivity index (χ0v) is 17.2. The molecule has 1 aliphatic heterocycles. The Morgan fingerprint density at radius 1 is 0.963 bits per heavy atom. The third-order valence-corrected chi connectivity index (χ3v) is 5.20. The second-order valence-corrected chi connectivity index (χ2v) is 7.68. The van der Waals surface area contributed by atoms with Gasteiger partial charge in [-0.15, -0.1) is 0 Å². The SMILES string of the molecule is CCCC/C=C/CCCCCCCCCCO[C@H]1[C@@H]([C@@H](O)CO)OC[C@H]1O. The summed E-state index contributed by atoms with van der Waals surface area (Å²) in [6.45, 7) is 2.56. The van der Waals surface area contributed by atoms with Gasteiger partial charge in [0.05, 0.1) is 13.2 Å². The van der Waals surface area contributed by atoms with Crippen molar-refractivity contribution in [1.82, 2.24) is 0 Å². The molecule has 0 amide bonds. The summed E-state index contributed by atoms with van der Waals surface area (Å²) in [5.41, 5.74) is 0. The topological polar surface area (TPSA) is 79.2 Å². The standard InChI is InChI=1S/C22H42O5/c1-2-3-4-5-6-7-8-9-10-11-12-13-14-15-16-26-22-20(25)18-27-21(22)19(24)17-23/h5-6,19-25H,2-4,7-18H2,1H3/b6-5+/t19-,20+,21+,22+/m0/s1. The van der Waals surface area contributed by atoms with Crippen molar-refractivity contribution in [1.29, 1.82) is 0 Å². The van der Waals surface area contributed by atoms with E-state index in [0.29, 0.717) is 6.61 Å². The first-order chi connectivity index (χ1) is 13.2. The average molecular weight is 387 g/mol. The summed E-state index contributed by atoms with van der Waals surface area (Å²) in [6, 6.07) is 0. The molecule has 0 unspecified atom stereocenters. The van der Waals surface area contributed by atoms with Crippen LogP contribution in [0.25, 0.3) is 0 Å². The third kappa shape index (κ3) is 11.2. The van der Waals surface area contributed by atoms with Crippen LogP contribution >= 0.6 is 0 Å². The summed E-state index contributed by atoms with van der Waals surface area (Å²) < 4.78 is 11.0. The Kier molecular flexibility index (Phi) is 15.0. The van der Waals surface area contributed by atoms with Gasteiger partial charge in [0.25, 0.3) is 0 Å². The van der Waals surface area contributed by atoms with E-state index in [-0.39, 0.29) is 13.2 Å². The number of allylic oxidation sites excluding steroid dienone is 2. The second-order valence-electron chi connectivity index (χ2n) is 7.68. The lowest BCUT2D eigenvalue weighted by atomic mass is 10.1. The average Bonchev–Trinajstić information content (AvgIpc) is 3.04. The molecular formula is C22H42O5. The molecule has 5 heteroatoms. The molecule has 4 atom stereocenters. The molecule has 0 aromatic heterocycles. The Morgan fingerprint density at radius 2 is 1.56 bits per heavy atom. The minimum absolute atomic E-state index is 0.154. The molecule has 0 aliphatic carbocycles. The highest BCUT2D eigenvalue weighted by Crippen LogP contribution is 2.21. The molecular weight excluding hydrogens is 344 g/mol. The first-order valence-electron chi connectivity index (χ1n) is 11.1. The normalized spacial score (nSPS) is 24.1. The van der Waals surface area contributed by atoms with Crippen molar-refractivity contribution in [2.45, 2.75) is 108 Å². The Hall–Kier alpha value is -0.460. The Labute approximate surface area is 165 Å². The maximum Gasteiger partial charge on any atom is 0.114 e. The lowest BCUT2D eigenvalue weighted by Crippen LogP contribution is -2.42. The maximum atomic E-state index is 9.87. The van der Waals surface area contributed by atoms with Crippen LogP contribution in [-0.4, -0.2) is 59.6 Å². The van der Waals surface area contributed by atoms with Crippen molar-refractivity contribution in [2.24, 2.45) is 0 Å².